The van der Waals surface area contributed by atoms with E-state index in [-0.39, 0.29) is 11.6 Å². The molecular weight excluding hydrogens is 310 g/mol. The van der Waals surface area contributed by atoms with E-state index in [9.17, 15) is 4.79 Å². The fourth-order valence-corrected chi connectivity index (χ4v) is 4.03. The van der Waals surface area contributed by atoms with Crippen LogP contribution in [-0.4, -0.2) is 52.0 Å². The summed E-state index contributed by atoms with van der Waals surface area (Å²) in [4.78, 5) is 26.3. The number of hydrogen-bond donors (Lipinski definition) is 1. The summed E-state index contributed by atoms with van der Waals surface area (Å²) in [6.07, 6.45) is 0. The van der Waals surface area contributed by atoms with Crippen molar-refractivity contribution in [2.24, 2.45) is 0 Å². The number of aromatic amines is 1. The zero-order valence-electron chi connectivity index (χ0n) is 13.7. The molecule has 1 fully saturated rings. The van der Waals surface area contributed by atoms with Gasteiger partial charge in [-0.05, 0) is 26.3 Å². The predicted octanol–water partition coefficient (Wildman–Crippen LogP) is 1.63. The van der Waals surface area contributed by atoms with Crippen molar-refractivity contribution in [3.63, 3.8) is 0 Å². The molecule has 1 aliphatic heterocycles. The normalized spacial score (nSPS) is 18.2. The van der Waals surface area contributed by atoms with E-state index in [0.717, 1.165) is 52.7 Å². The summed E-state index contributed by atoms with van der Waals surface area (Å²) in [5.74, 6) is 0.727. The quantitative estimate of drug-likeness (QED) is 0.925. The van der Waals surface area contributed by atoms with Gasteiger partial charge in [-0.15, -0.1) is 11.3 Å². The van der Waals surface area contributed by atoms with Crippen molar-refractivity contribution in [1.29, 1.82) is 5.26 Å². The van der Waals surface area contributed by atoms with Gasteiger partial charge in [0.1, 0.15) is 10.7 Å². The highest BCUT2D eigenvalue weighted by Gasteiger charge is 2.21. The molecule has 23 heavy (non-hydrogen) atoms. The Kier molecular flexibility index (Phi) is 4.48. The van der Waals surface area contributed by atoms with Gasteiger partial charge in [-0.2, -0.15) is 5.26 Å². The molecule has 2 aromatic rings. The number of fused-ring (bicyclic) bond motifs is 1. The van der Waals surface area contributed by atoms with Crippen LogP contribution in [0.2, 0.25) is 0 Å². The van der Waals surface area contributed by atoms with E-state index in [1.54, 1.807) is 11.3 Å². The lowest BCUT2D eigenvalue weighted by molar-refractivity contribution is 0.112. The summed E-state index contributed by atoms with van der Waals surface area (Å²) >= 11 is 1.58. The third kappa shape index (κ3) is 3.15. The SMILES string of the molecule is Cc1sc2nc(CN3CCN([C@@H](C)C#N)CC3)[nH]c(=O)c2c1C. The minimum absolute atomic E-state index is 0.0383. The van der Waals surface area contributed by atoms with Gasteiger partial charge in [0.25, 0.3) is 5.56 Å². The molecule has 122 valence electrons. The Bertz CT molecular complexity index is 810. The number of nitrogens with zero attached hydrogens (tertiary/aromatic N) is 4. The molecule has 0 unspecified atom stereocenters. The molecule has 0 spiro atoms. The van der Waals surface area contributed by atoms with Crippen molar-refractivity contribution < 1.29 is 0 Å². The second kappa shape index (κ2) is 6.40. The second-order valence-corrected chi connectivity index (χ2v) is 7.30. The number of aromatic nitrogens is 2. The number of hydrogen-bond acceptors (Lipinski definition) is 6. The number of H-pyrrole nitrogens is 1. The molecule has 0 aromatic carbocycles. The van der Waals surface area contributed by atoms with Crippen LogP contribution in [0.25, 0.3) is 10.2 Å². The zero-order chi connectivity index (χ0) is 16.6. The molecule has 1 saturated heterocycles. The molecule has 1 atom stereocenters. The lowest BCUT2D eigenvalue weighted by Crippen LogP contribution is -2.49. The summed E-state index contributed by atoms with van der Waals surface area (Å²) in [7, 11) is 0. The van der Waals surface area contributed by atoms with Gasteiger partial charge in [0, 0.05) is 31.1 Å². The highest BCUT2D eigenvalue weighted by atomic mass is 32.1. The Labute approximate surface area is 139 Å². The first kappa shape index (κ1) is 16.1. The van der Waals surface area contributed by atoms with Gasteiger partial charge in [-0.25, -0.2) is 4.98 Å². The van der Waals surface area contributed by atoms with Crippen molar-refractivity contribution in [2.45, 2.75) is 33.4 Å². The van der Waals surface area contributed by atoms with Crippen molar-refractivity contribution in [3.05, 3.63) is 26.6 Å². The van der Waals surface area contributed by atoms with E-state index < -0.39 is 0 Å². The van der Waals surface area contributed by atoms with Crippen molar-refractivity contribution in [3.8, 4) is 6.07 Å². The van der Waals surface area contributed by atoms with Gasteiger partial charge in [-0.3, -0.25) is 14.6 Å². The molecule has 3 rings (SSSR count). The third-order valence-corrected chi connectivity index (χ3v) is 5.70. The highest BCUT2D eigenvalue weighted by molar-refractivity contribution is 7.18. The predicted molar refractivity (Wildman–Crippen MR) is 91.6 cm³/mol. The molecule has 2 aromatic heterocycles. The maximum Gasteiger partial charge on any atom is 0.259 e. The molecule has 0 saturated carbocycles. The Balaban J connectivity index is 1.74. The van der Waals surface area contributed by atoms with Gasteiger partial charge in [0.15, 0.2) is 0 Å². The summed E-state index contributed by atoms with van der Waals surface area (Å²) in [5.41, 5.74) is 0.994. The van der Waals surface area contributed by atoms with Crippen molar-refractivity contribution in [2.75, 3.05) is 26.2 Å². The summed E-state index contributed by atoms with van der Waals surface area (Å²) in [6, 6.07) is 2.24. The zero-order valence-corrected chi connectivity index (χ0v) is 14.5. The van der Waals surface area contributed by atoms with Crippen LogP contribution in [-0.2, 0) is 6.54 Å². The lowest BCUT2D eigenvalue weighted by Gasteiger charge is -2.35. The summed E-state index contributed by atoms with van der Waals surface area (Å²) < 4.78 is 0. The number of nitriles is 1. The molecule has 3 heterocycles. The van der Waals surface area contributed by atoms with Crippen LogP contribution in [0, 0.1) is 25.2 Å². The van der Waals surface area contributed by atoms with Gasteiger partial charge in [0.2, 0.25) is 0 Å². The van der Waals surface area contributed by atoms with Gasteiger partial charge < -0.3 is 4.98 Å². The maximum atomic E-state index is 12.3. The molecule has 1 aliphatic rings. The maximum absolute atomic E-state index is 12.3. The van der Waals surface area contributed by atoms with E-state index in [2.05, 4.69) is 25.8 Å². The number of aryl methyl sites for hydroxylation is 2. The second-order valence-electron chi connectivity index (χ2n) is 6.09. The van der Waals surface area contributed by atoms with E-state index >= 15 is 0 Å². The topological polar surface area (TPSA) is 76.0 Å². The molecule has 0 radical (unpaired) electrons. The van der Waals surface area contributed by atoms with E-state index in [4.69, 9.17) is 5.26 Å². The summed E-state index contributed by atoms with van der Waals surface area (Å²) in [5, 5.41) is 9.72. The third-order valence-electron chi connectivity index (χ3n) is 4.60. The van der Waals surface area contributed by atoms with E-state index in [1.165, 1.54) is 0 Å². The Morgan fingerprint density at radius 1 is 1.35 bits per heavy atom. The van der Waals surface area contributed by atoms with Crippen LogP contribution in [0.15, 0.2) is 4.79 Å². The first-order valence-electron chi connectivity index (χ1n) is 7.84. The monoisotopic (exact) mass is 331 g/mol. The van der Waals surface area contributed by atoms with Crippen LogP contribution < -0.4 is 5.56 Å². The number of nitrogens with one attached hydrogen (secondary N) is 1. The fraction of sp³-hybridized carbons (Fsp3) is 0.562. The number of piperazine rings is 1. The molecule has 7 heteroatoms. The Morgan fingerprint density at radius 2 is 2.04 bits per heavy atom. The van der Waals surface area contributed by atoms with Gasteiger partial charge in [0.05, 0.1) is 24.0 Å². The molecular formula is C16H21N5OS. The highest BCUT2D eigenvalue weighted by Crippen LogP contribution is 2.25. The van der Waals surface area contributed by atoms with E-state index in [0.29, 0.717) is 6.54 Å². The first-order chi connectivity index (χ1) is 11.0. The molecule has 6 nitrogen and oxygen atoms in total. The standard InChI is InChI=1S/C16H21N5OS/c1-10(8-17)21-6-4-20(5-7-21)9-13-18-15(22)14-11(2)12(3)23-16(14)19-13/h10H,4-7,9H2,1-3H3,(H,18,19,22)/t10-/m0/s1. The first-order valence-corrected chi connectivity index (χ1v) is 8.66. The Morgan fingerprint density at radius 3 is 2.70 bits per heavy atom. The molecule has 0 amide bonds. The number of thiophene rings is 1. The average Bonchev–Trinajstić information content (AvgIpc) is 2.82. The lowest BCUT2D eigenvalue weighted by atomic mass is 10.2. The van der Waals surface area contributed by atoms with Gasteiger partial charge >= 0.3 is 0 Å². The van der Waals surface area contributed by atoms with Crippen LogP contribution in [0.4, 0.5) is 0 Å². The van der Waals surface area contributed by atoms with Gasteiger partial charge in [-0.1, -0.05) is 0 Å². The number of rotatable bonds is 3. The fourth-order valence-electron chi connectivity index (χ4n) is 2.98. The molecule has 0 aliphatic carbocycles. The summed E-state index contributed by atoms with van der Waals surface area (Å²) in [6.45, 7) is 10.1. The minimum Gasteiger partial charge on any atom is -0.309 e. The Hall–Kier alpha value is -1.75. The minimum atomic E-state index is -0.0384. The largest absolute Gasteiger partial charge is 0.309 e. The molecule has 0 bridgehead atoms. The smallest absolute Gasteiger partial charge is 0.259 e. The van der Waals surface area contributed by atoms with E-state index in [1.807, 2.05) is 20.8 Å². The van der Waals surface area contributed by atoms with Crippen LogP contribution in [0.3, 0.4) is 0 Å². The average molecular weight is 331 g/mol. The van der Waals surface area contributed by atoms with Crippen molar-refractivity contribution >= 4 is 21.6 Å². The van der Waals surface area contributed by atoms with Crippen LogP contribution >= 0.6 is 11.3 Å². The van der Waals surface area contributed by atoms with Crippen molar-refractivity contribution in [1.82, 2.24) is 19.8 Å². The van der Waals surface area contributed by atoms with Crippen LogP contribution in [0.5, 0.6) is 0 Å². The molecule has 1 N–H and O–H groups in total. The van der Waals surface area contributed by atoms with Crippen LogP contribution in [0.1, 0.15) is 23.2 Å².